The van der Waals surface area contributed by atoms with Crippen LogP contribution in [-0.2, 0) is 9.84 Å². The van der Waals surface area contributed by atoms with Crippen LogP contribution >= 0.6 is 0 Å². The van der Waals surface area contributed by atoms with Crippen LogP contribution in [0.25, 0.3) is 0 Å². The van der Waals surface area contributed by atoms with Crippen molar-refractivity contribution in [1.29, 1.82) is 0 Å². The molecule has 3 nitrogen and oxygen atoms in total. The molecule has 4 heteroatoms. The number of nitrogens with one attached hydrogen (secondary N) is 1. The lowest BCUT2D eigenvalue weighted by Gasteiger charge is -2.27. The van der Waals surface area contributed by atoms with Crippen LogP contribution < -0.4 is 5.32 Å². The van der Waals surface area contributed by atoms with Crippen molar-refractivity contribution in [2.45, 2.75) is 65.7 Å². The minimum Gasteiger partial charge on any atom is -0.316 e. The van der Waals surface area contributed by atoms with E-state index < -0.39 is 9.84 Å². The van der Waals surface area contributed by atoms with Gasteiger partial charge in [-0.25, -0.2) is 8.42 Å². The molecular weight excluding hydrogens is 282 g/mol. The zero-order valence-electron chi connectivity index (χ0n) is 14.2. The molecule has 1 aliphatic heterocycles. The molecule has 126 valence electrons. The minimum absolute atomic E-state index is 0.384. The monoisotopic (exact) mass is 317 g/mol. The zero-order chi connectivity index (χ0) is 15.7. The van der Waals surface area contributed by atoms with Crippen molar-refractivity contribution in [3.63, 3.8) is 0 Å². The second kappa shape index (κ2) is 9.83. The number of rotatable bonds is 11. The Labute approximate surface area is 132 Å². The van der Waals surface area contributed by atoms with Crippen molar-refractivity contribution < 1.29 is 8.42 Å². The second-order valence-electron chi connectivity index (χ2n) is 6.78. The Hall–Kier alpha value is -0.0900. The predicted octanol–water partition coefficient (Wildman–Crippen LogP) is 3.64. The van der Waals surface area contributed by atoms with Gasteiger partial charge in [0.15, 0.2) is 9.84 Å². The molecule has 1 aliphatic rings. The van der Waals surface area contributed by atoms with Gasteiger partial charge in [0, 0.05) is 0 Å². The Morgan fingerprint density at radius 3 is 2.48 bits per heavy atom. The van der Waals surface area contributed by atoms with Gasteiger partial charge in [0.05, 0.1) is 11.5 Å². The first-order chi connectivity index (χ1) is 10.0. The fourth-order valence-electron chi connectivity index (χ4n) is 3.51. The molecule has 0 aromatic rings. The summed E-state index contributed by atoms with van der Waals surface area (Å²) in [6, 6.07) is 0. The number of hydrogen-bond donors (Lipinski definition) is 1. The molecule has 3 unspecified atom stereocenters. The van der Waals surface area contributed by atoms with Gasteiger partial charge in [-0.2, -0.15) is 0 Å². The highest BCUT2D eigenvalue weighted by molar-refractivity contribution is 7.91. The van der Waals surface area contributed by atoms with Crippen LogP contribution in [0.3, 0.4) is 0 Å². The van der Waals surface area contributed by atoms with E-state index in [4.69, 9.17) is 0 Å². The van der Waals surface area contributed by atoms with Crippen LogP contribution in [0.1, 0.15) is 65.7 Å². The normalized spacial score (nSPS) is 24.0. The van der Waals surface area contributed by atoms with Crippen molar-refractivity contribution in [3.05, 3.63) is 0 Å². The van der Waals surface area contributed by atoms with Gasteiger partial charge < -0.3 is 5.32 Å². The number of sulfone groups is 1. The van der Waals surface area contributed by atoms with E-state index in [1.807, 2.05) is 0 Å². The molecule has 0 aliphatic carbocycles. The van der Waals surface area contributed by atoms with Gasteiger partial charge in [-0.3, -0.25) is 0 Å². The van der Waals surface area contributed by atoms with Gasteiger partial charge in [-0.15, -0.1) is 0 Å². The molecule has 0 radical (unpaired) electrons. The first-order valence-electron chi connectivity index (χ1n) is 8.93. The zero-order valence-corrected chi connectivity index (χ0v) is 15.1. The van der Waals surface area contributed by atoms with Crippen LogP contribution in [-0.4, -0.2) is 33.0 Å². The average molecular weight is 318 g/mol. The van der Waals surface area contributed by atoms with Crippen molar-refractivity contribution >= 4 is 9.84 Å². The van der Waals surface area contributed by atoms with E-state index >= 15 is 0 Å². The third-order valence-corrected chi connectivity index (χ3v) is 6.74. The maximum atomic E-state index is 11.8. The molecular formula is C17H35NO2S. The molecule has 0 aromatic carbocycles. The lowest BCUT2D eigenvalue weighted by molar-refractivity contribution is 0.260. The van der Waals surface area contributed by atoms with E-state index in [1.165, 1.54) is 32.1 Å². The Morgan fingerprint density at radius 2 is 1.95 bits per heavy atom. The van der Waals surface area contributed by atoms with Crippen molar-refractivity contribution in [2.24, 2.45) is 17.8 Å². The first kappa shape index (κ1) is 19.0. The van der Waals surface area contributed by atoms with Crippen LogP contribution in [0.5, 0.6) is 0 Å². The smallest absolute Gasteiger partial charge is 0.150 e. The van der Waals surface area contributed by atoms with E-state index in [-0.39, 0.29) is 0 Å². The highest BCUT2D eigenvalue weighted by Gasteiger charge is 2.34. The Kier molecular flexibility index (Phi) is 8.88. The molecule has 0 amide bonds. The minimum atomic E-state index is -2.76. The predicted molar refractivity (Wildman–Crippen MR) is 91.3 cm³/mol. The third kappa shape index (κ3) is 7.14. The molecule has 0 saturated carbocycles. The average Bonchev–Trinajstić information content (AvgIpc) is 2.82. The van der Waals surface area contributed by atoms with Gasteiger partial charge in [-0.05, 0) is 50.1 Å². The Balaban J connectivity index is 2.58. The van der Waals surface area contributed by atoms with Gasteiger partial charge >= 0.3 is 0 Å². The largest absolute Gasteiger partial charge is 0.316 e. The molecule has 1 rings (SSSR count). The lowest BCUT2D eigenvalue weighted by Crippen LogP contribution is -2.31. The maximum absolute atomic E-state index is 11.8. The van der Waals surface area contributed by atoms with Crippen molar-refractivity contribution in [1.82, 2.24) is 5.32 Å². The molecule has 1 saturated heterocycles. The number of unbranched alkanes of at least 4 members (excludes halogenated alkanes) is 1. The highest BCUT2D eigenvalue weighted by atomic mass is 32.2. The summed E-state index contributed by atoms with van der Waals surface area (Å²) in [5, 5.41) is 3.53. The van der Waals surface area contributed by atoms with Crippen LogP contribution in [0.2, 0.25) is 0 Å². The lowest BCUT2D eigenvalue weighted by atomic mass is 9.81. The molecule has 1 fully saturated rings. The van der Waals surface area contributed by atoms with E-state index in [9.17, 15) is 8.42 Å². The Morgan fingerprint density at radius 1 is 1.19 bits per heavy atom. The van der Waals surface area contributed by atoms with Crippen molar-refractivity contribution in [3.8, 4) is 0 Å². The fourth-order valence-corrected chi connectivity index (χ4v) is 5.43. The fraction of sp³-hybridized carbons (Fsp3) is 1.00. The summed E-state index contributed by atoms with van der Waals surface area (Å²) in [6.07, 6.45) is 8.31. The summed E-state index contributed by atoms with van der Waals surface area (Å²) in [6.45, 7) is 8.75. The molecule has 21 heavy (non-hydrogen) atoms. The maximum Gasteiger partial charge on any atom is 0.150 e. The SMILES string of the molecule is CCCCC(CC)CC(CNCCC)C1CCS(=O)(=O)C1. The second-order valence-corrected chi connectivity index (χ2v) is 9.01. The molecule has 0 aromatic heterocycles. The molecule has 0 bridgehead atoms. The van der Waals surface area contributed by atoms with Crippen molar-refractivity contribution in [2.75, 3.05) is 24.6 Å². The van der Waals surface area contributed by atoms with Gasteiger partial charge in [0.1, 0.15) is 0 Å². The van der Waals surface area contributed by atoms with Crippen LogP contribution in [0.15, 0.2) is 0 Å². The van der Waals surface area contributed by atoms with Crippen LogP contribution in [0.4, 0.5) is 0 Å². The quantitative estimate of drug-likeness (QED) is 0.592. The summed E-state index contributed by atoms with van der Waals surface area (Å²) < 4.78 is 23.6. The van der Waals surface area contributed by atoms with E-state index in [1.54, 1.807) is 0 Å². The summed E-state index contributed by atoms with van der Waals surface area (Å²) in [7, 11) is -2.76. The van der Waals surface area contributed by atoms with E-state index in [2.05, 4.69) is 26.1 Å². The van der Waals surface area contributed by atoms with Crippen LogP contribution in [0, 0.1) is 17.8 Å². The van der Waals surface area contributed by atoms with Gasteiger partial charge in [0.25, 0.3) is 0 Å². The number of hydrogen-bond acceptors (Lipinski definition) is 3. The third-order valence-electron chi connectivity index (χ3n) is 4.95. The highest BCUT2D eigenvalue weighted by Crippen LogP contribution is 2.32. The first-order valence-corrected chi connectivity index (χ1v) is 10.8. The molecule has 3 atom stereocenters. The van der Waals surface area contributed by atoms with E-state index in [0.717, 1.165) is 31.8 Å². The van der Waals surface area contributed by atoms with E-state index in [0.29, 0.717) is 23.3 Å². The summed E-state index contributed by atoms with van der Waals surface area (Å²) in [4.78, 5) is 0. The summed E-state index contributed by atoms with van der Waals surface area (Å²) in [5.74, 6) is 2.52. The molecule has 0 spiro atoms. The topological polar surface area (TPSA) is 46.2 Å². The summed E-state index contributed by atoms with van der Waals surface area (Å²) >= 11 is 0. The Bertz CT molecular complexity index is 367. The van der Waals surface area contributed by atoms with Gasteiger partial charge in [-0.1, -0.05) is 46.5 Å². The molecule has 1 N–H and O–H groups in total. The molecule has 1 heterocycles. The standard InChI is InChI=1S/C17H35NO2S/c1-4-7-8-15(6-3)12-17(13-18-10-5-2)16-9-11-21(19,20)14-16/h15-18H,4-14H2,1-3H3. The van der Waals surface area contributed by atoms with Gasteiger partial charge in [0.2, 0.25) is 0 Å². The summed E-state index contributed by atoms with van der Waals surface area (Å²) in [5.41, 5.74) is 0.